The summed E-state index contributed by atoms with van der Waals surface area (Å²) < 4.78 is 11.0. The molecule has 17 heavy (non-hydrogen) atoms. The summed E-state index contributed by atoms with van der Waals surface area (Å²) >= 11 is 0. The Hall–Kier alpha value is -1.22. The summed E-state index contributed by atoms with van der Waals surface area (Å²) in [6, 6.07) is 5.77. The van der Waals surface area contributed by atoms with Gasteiger partial charge in [-0.15, -0.1) is 0 Å². The zero-order chi connectivity index (χ0) is 12.7. The lowest BCUT2D eigenvalue weighted by molar-refractivity contribution is 0.299. The van der Waals surface area contributed by atoms with Crippen molar-refractivity contribution in [1.82, 2.24) is 0 Å². The first-order chi connectivity index (χ1) is 8.19. The number of methoxy groups -OCH3 is 1. The normalized spacial score (nSPS) is 12.2. The number of nitrogens with two attached hydrogens (primary N) is 1. The molecule has 0 aliphatic heterocycles. The van der Waals surface area contributed by atoms with E-state index in [0.717, 1.165) is 30.1 Å². The van der Waals surface area contributed by atoms with E-state index in [0.29, 0.717) is 0 Å². The Bertz CT molecular complexity index is 337. The summed E-state index contributed by atoms with van der Waals surface area (Å²) in [6.45, 7) is 4.88. The van der Waals surface area contributed by atoms with E-state index in [4.69, 9.17) is 15.2 Å². The minimum atomic E-state index is -0.0259. The summed E-state index contributed by atoms with van der Waals surface area (Å²) in [6.07, 6.45) is 3.46. The molecule has 0 heterocycles. The van der Waals surface area contributed by atoms with Crippen molar-refractivity contribution in [3.8, 4) is 11.5 Å². The van der Waals surface area contributed by atoms with Crippen molar-refractivity contribution in [1.29, 1.82) is 0 Å². The Morgan fingerprint density at radius 1 is 1.29 bits per heavy atom. The van der Waals surface area contributed by atoms with Gasteiger partial charge in [0.2, 0.25) is 0 Å². The van der Waals surface area contributed by atoms with Crippen molar-refractivity contribution >= 4 is 0 Å². The van der Waals surface area contributed by atoms with Crippen LogP contribution in [-0.2, 0) is 0 Å². The molecule has 96 valence electrons. The van der Waals surface area contributed by atoms with Crippen molar-refractivity contribution in [2.24, 2.45) is 5.73 Å². The average Bonchev–Trinajstić information content (AvgIpc) is 2.34. The lowest BCUT2D eigenvalue weighted by Crippen LogP contribution is -2.09. The van der Waals surface area contributed by atoms with Gasteiger partial charge in [-0.2, -0.15) is 0 Å². The van der Waals surface area contributed by atoms with Crippen LogP contribution in [0.25, 0.3) is 0 Å². The SMILES string of the molecule is CCCCCOc1cc(OC)ccc1C(C)N. The Kier molecular flexibility index (Phi) is 5.84. The first-order valence-electron chi connectivity index (χ1n) is 6.25. The summed E-state index contributed by atoms with van der Waals surface area (Å²) in [5.41, 5.74) is 6.95. The highest BCUT2D eigenvalue weighted by molar-refractivity contribution is 5.42. The van der Waals surface area contributed by atoms with E-state index in [9.17, 15) is 0 Å². The Morgan fingerprint density at radius 2 is 2.06 bits per heavy atom. The van der Waals surface area contributed by atoms with Gasteiger partial charge in [0.1, 0.15) is 11.5 Å². The van der Waals surface area contributed by atoms with Gasteiger partial charge >= 0.3 is 0 Å². The molecule has 3 nitrogen and oxygen atoms in total. The fourth-order valence-corrected chi connectivity index (χ4v) is 1.68. The van der Waals surface area contributed by atoms with Gasteiger partial charge in [0.05, 0.1) is 13.7 Å². The first kappa shape index (κ1) is 13.8. The topological polar surface area (TPSA) is 44.5 Å². The second-order valence-corrected chi connectivity index (χ2v) is 4.25. The highest BCUT2D eigenvalue weighted by Crippen LogP contribution is 2.28. The van der Waals surface area contributed by atoms with Crippen LogP contribution >= 0.6 is 0 Å². The molecule has 0 spiro atoms. The maximum atomic E-state index is 5.92. The van der Waals surface area contributed by atoms with E-state index in [2.05, 4.69) is 6.92 Å². The maximum absolute atomic E-state index is 5.92. The third-order valence-electron chi connectivity index (χ3n) is 2.72. The maximum Gasteiger partial charge on any atom is 0.127 e. The van der Waals surface area contributed by atoms with Gasteiger partial charge in [-0.3, -0.25) is 0 Å². The molecule has 0 saturated carbocycles. The van der Waals surface area contributed by atoms with Crippen molar-refractivity contribution < 1.29 is 9.47 Å². The quantitative estimate of drug-likeness (QED) is 0.740. The fraction of sp³-hybridized carbons (Fsp3) is 0.571. The minimum Gasteiger partial charge on any atom is -0.497 e. The van der Waals surface area contributed by atoms with Crippen molar-refractivity contribution in [2.75, 3.05) is 13.7 Å². The Labute approximate surface area is 104 Å². The molecule has 1 atom stereocenters. The highest BCUT2D eigenvalue weighted by Gasteiger charge is 2.09. The average molecular weight is 237 g/mol. The summed E-state index contributed by atoms with van der Waals surface area (Å²) in [4.78, 5) is 0. The van der Waals surface area contributed by atoms with E-state index in [1.54, 1.807) is 7.11 Å². The van der Waals surface area contributed by atoms with Gasteiger partial charge in [-0.1, -0.05) is 25.8 Å². The molecule has 1 aromatic rings. The van der Waals surface area contributed by atoms with Crippen LogP contribution in [0.2, 0.25) is 0 Å². The van der Waals surface area contributed by atoms with Crippen molar-refractivity contribution in [2.45, 2.75) is 39.2 Å². The van der Waals surface area contributed by atoms with Gasteiger partial charge in [0.25, 0.3) is 0 Å². The van der Waals surface area contributed by atoms with Crippen LogP contribution in [0, 0.1) is 0 Å². The molecule has 1 unspecified atom stereocenters. The molecule has 2 N–H and O–H groups in total. The molecule has 0 fully saturated rings. The number of rotatable bonds is 7. The van der Waals surface area contributed by atoms with Crippen LogP contribution in [-0.4, -0.2) is 13.7 Å². The van der Waals surface area contributed by atoms with Gasteiger partial charge in [-0.05, 0) is 19.4 Å². The minimum absolute atomic E-state index is 0.0259. The molecule has 0 aliphatic rings. The van der Waals surface area contributed by atoms with Gasteiger partial charge < -0.3 is 15.2 Å². The smallest absolute Gasteiger partial charge is 0.127 e. The number of hydrogen-bond donors (Lipinski definition) is 1. The molecule has 1 rings (SSSR count). The number of ether oxygens (including phenoxy) is 2. The van der Waals surface area contributed by atoms with Crippen LogP contribution in [0.3, 0.4) is 0 Å². The van der Waals surface area contributed by atoms with Crippen molar-refractivity contribution in [3.63, 3.8) is 0 Å². The molecule has 0 radical (unpaired) electrons. The number of benzene rings is 1. The molecular formula is C14H23NO2. The molecule has 0 bridgehead atoms. The summed E-state index contributed by atoms with van der Waals surface area (Å²) in [5.74, 6) is 1.65. The Morgan fingerprint density at radius 3 is 2.65 bits per heavy atom. The molecule has 3 heteroatoms. The van der Waals surface area contributed by atoms with Gasteiger partial charge in [-0.25, -0.2) is 0 Å². The number of hydrogen-bond acceptors (Lipinski definition) is 3. The van der Waals surface area contributed by atoms with Crippen LogP contribution < -0.4 is 15.2 Å². The second-order valence-electron chi connectivity index (χ2n) is 4.25. The lowest BCUT2D eigenvalue weighted by atomic mass is 10.1. The largest absolute Gasteiger partial charge is 0.497 e. The standard InChI is InChI=1S/C14H23NO2/c1-4-5-6-9-17-14-10-12(16-3)7-8-13(14)11(2)15/h7-8,10-11H,4-6,9,15H2,1-3H3. The molecule has 1 aromatic carbocycles. The summed E-state index contributed by atoms with van der Waals surface area (Å²) in [5, 5.41) is 0. The van der Waals surface area contributed by atoms with Crippen molar-refractivity contribution in [3.05, 3.63) is 23.8 Å². The predicted molar refractivity (Wildman–Crippen MR) is 70.6 cm³/mol. The third-order valence-corrected chi connectivity index (χ3v) is 2.72. The van der Waals surface area contributed by atoms with Crippen LogP contribution in [0.15, 0.2) is 18.2 Å². The van der Waals surface area contributed by atoms with Gasteiger partial charge in [0, 0.05) is 17.7 Å². The summed E-state index contributed by atoms with van der Waals surface area (Å²) in [7, 11) is 1.65. The van der Waals surface area contributed by atoms with Crippen LogP contribution in [0.1, 0.15) is 44.7 Å². The van der Waals surface area contributed by atoms with Crippen LogP contribution in [0.4, 0.5) is 0 Å². The lowest BCUT2D eigenvalue weighted by Gasteiger charge is -2.15. The molecule has 0 amide bonds. The molecule has 0 saturated heterocycles. The predicted octanol–water partition coefficient (Wildman–Crippen LogP) is 3.28. The van der Waals surface area contributed by atoms with E-state index in [1.165, 1.54) is 12.8 Å². The first-order valence-corrected chi connectivity index (χ1v) is 6.25. The van der Waals surface area contributed by atoms with E-state index < -0.39 is 0 Å². The van der Waals surface area contributed by atoms with Crippen LogP contribution in [0.5, 0.6) is 11.5 Å². The van der Waals surface area contributed by atoms with Gasteiger partial charge in [0.15, 0.2) is 0 Å². The molecular weight excluding hydrogens is 214 g/mol. The zero-order valence-electron chi connectivity index (χ0n) is 11.0. The third kappa shape index (κ3) is 4.27. The van der Waals surface area contributed by atoms with E-state index in [1.807, 2.05) is 25.1 Å². The van der Waals surface area contributed by atoms with E-state index in [-0.39, 0.29) is 6.04 Å². The zero-order valence-corrected chi connectivity index (χ0v) is 11.0. The van der Waals surface area contributed by atoms with E-state index >= 15 is 0 Å². The second kappa shape index (κ2) is 7.17. The highest BCUT2D eigenvalue weighted by atomic mass is 16.5. The molecule has 0 aliphatic carbocycles. The monoisotopic (exact) mass is 237 g/mol. The molecule has 0 aromatic heterocycles. The number of unbranched alkanes of at least 4 members (excludes halogenated alkanes) is 2. The Balaban J connectivity index is 2.71. The fourth-order valence-electron chi connectivity index (χ4n) is 1.68.